The van der Waals surface area contributed by atoms with Gasteiger partial charge in [-0.2, -0.15) is 0 Å². The fourth-order valence-corrected chi connectivity index (χ4v) is 2.40. The molecule has 1 aliphatic carbocycles. The third-order valence-corrected chi connectivity index (χ3v) is 3.66. The Kier molecular flexibility index (Phi) is 4.76. The van der Waals surface area contributed by atoms with Gasteiger partial charge < -0.3 is 5.11 Å². The van der Waals surface area contributed by atoms with Crippen LogP contribution in [0.2, 0.25) is 0 Å². The number of aliphatic carboxylic acids is 1. The van der Waals surface area contributed by atoms with Crippen LogP contribution in [0.3, 0.4) is 0 Å². The summed E-state index contributed by atoms with van der Waals surface area (Å²) in [7, 11) is 0. The number of nitrogens with zero attached hydrogens (tertiary/aromatic N) is 1. The molecule has 1 fully saturated rings. The lowest BCUT2D eigenvalue weighted by atomic mass is 9.85. The summed E-state index contributed by atoms with van der Waals surface area (Å²) in [6.45, 7) is 1.95. The van der Waals surface area contributed by atoms with Gasteiger partial charge in [0, 0.05) is 13.1 Å². The van der Waals surface area contributed by atoms with E-state index in [1.54, 1.807) is 0 Å². The van der Waals surface area contributed by atoms with Crippen molar-refractivity contribution in [3.63, 3.8) is 0 Å². The summed E-state index contributed by atoms with van der Waals surface area (Å²) < 4.78 is 0. The molecule has 0 amide bonds. The highest BCUT2D eigenvalue weighted by Gasteiger charge is 2.21. The van der Waals surface area contributed by atoms with E-state index in [-0.39, 0.29) is 6.54 Å². The minimum Gasteiger partial charge on any atom is -0.480 e. The van der Waals surface area contributed by atoms with E-state index >= 15 is 0 Å². The first-order valence-corrected chi connectivity index (χ1v) is 6.72. The average molecular weight is 247 g/mol. The third kappa shape index (κ3) is 4.15. The number of hydrogen-bond acceptors (Lipinski definition) is 2. The van der Waals surface area contributed by atoms with E-state index in [1.165, 1.54) is 24.8 Å². The number of carbonyl (C=O) groups is 1. The van der Waals surface area contributed by atoms with Gasteiger partial charge >= 0.3 is 5.97 Å². The van der Waals surface area contributed by atoms with Crippen molar-refractivity contribution in [3.05, 3.63) is 35.9 Å². The Bertz CT molecular complexity index is 373. The molecule has 1 aromatic rings. The largest absolute Gasteiger partial charge is 0.480 e. The summed E-state index contributed by atoms with van der Waals surface area (Å²) in [4.78, 5) is 12.9. The first-order valence-electron chi connectivity index (χ1n) is 6.72. The molecular weight excluding hydrogens is 226 g/mol. The lowest BCUT2D eigenvalue weighted by Gasteiger charge is -2.31. The molecule has 0 atom stereocenters. The Morgan fingerprint density at radius 3 is 2.56 bits per heavy atom. The molecule has 0 radical (unpaired) electrons. The molecule has 1 saturated carbocycles. The van der Waals surface area contributed by atoms with E-state index in [2.05, 4.69) is 17.0 Å². The molecule has 18 heavy (non-hydrogen) atoms. The maximum absolute atomic E-state index is 10.9. The van der Waals surface area contributed by atoms with Crippen LogP contribution in [0, 0.1) is 5.92 Å². The molecule has 3 nitrogen and oxygen atoms in total. The van der Waals surface area contributed by atoms with E-state index in [4.69, 9.17) is 5.11 Å². The van der Waals surface area contributed by atoms with E-state index in [0.29, 0.717) is 0 Å². The minimum absolute atomic E-state index is 0.170. The Labute approximate surface area is 108 Å². The Hall–Kier alpha value is -1.35. The van der Waals surface area contributed by atoms with Crippen LogP contribution in [0.1, 0.15) is 24.8 Å². The first kappa shape index (κ1) is 13.1. The molecule has 2 rings (SSSR count). The van der Waals surface area contributed by atoms with E-state index in [9.17, 15) is 4.79 Å². The van der Waals surface area contributed by atoms with Gasteiger partial charge in [0.1, 0.15) is 0 Å². The summed E-state index contributed by atoms with van der Waals surface area (Å²) >= 11 is 0. The number of benzene rings is 1. The summed E-state index contributed by atoms with van der Waals surface area (Å²) in [6, 6.07) is 10.3. The van der Waals surface area contributed by atoms with Crippen LogP contribution < -0.4 is 0 Å². The van der Waals surface area contributed by atoms with Gasteiger partial charge in [0.2, 0.25) is 0 Å². The van der Waals surface area contributed by atoms with Crippen molar-refractivity contribution in [3.8, 4) is 0 Å². The van der Waals surface area contributed by atoms with Gasteiger partial charge in [0.05, 0.1) is 6.54 Å². The maximum Gasteiger partial charge on any atom is 0.317 e. The smallest absolute Gasteiger partial charge is 0.317 e. The van der Waals surface area contributed by atoms with E-state index in [1.807, 2.05) is 18.2 Å². The van der Waals surface area contributed by atoms with Gasteiger partial charge in [-0.1, -0.05) is 36.8 Å². The molecule has 0 saturated heterocycles. The zero-order valence-corrected chi connectivity index (χ0v) is 10.7. The van der Waals surface area contributed by atoms with E-state index < -0.39 is 5.97 Å². The Morgan fingerprint density at radius 1 is 1.28 bits per heavy atom. The van der Waals surface area contributed by atoms with Gasteiger partial charge in [-0.3, -0.25) is 9.69 Å². The van der Waals surface area contributed by atoms with Crippen molar-refractivity contribution in [2.24, 2.45) is 5.92 Å². The fourth-order valence-electron chi connectivity index (χ4n) is 2.40. The second-order valence-electron chi connectivity index (χ2n) is 5.16. The normalized spacial score (nSPS) is 15.6. The molecule has 1 N–H and O–H groups in total. The summed E-state index contributed by atoms with van der Waals surface area (Å²) in [5.41, 5.74) is 1.28. The SMILES string of the molecule is O=C(O)CN(CCc1ccccc1)CC1CCC1. The predicted molar refractivity (Wildman–Crippen MR) is 71.6 cm³/mol. The van der Waals surface area contributed by atoms with Crippen molar-refractivity contribution in [2.45, 2.75) is 25.7 Å². The predicted octanol–water partition coefficient (Wildman–Crippen LogP) is 2.42. The van der Waals surface area contributed by atoms with Gasteiger partial charge in [0.25, 0.3) is 0 Å². The molecule has 3 heteroatoms. The molecule has 1 aromatic carbocycles. The van der Waals surface area contributed by atoms with E-state index in [0.717, 1.165) is 25.4 Å². The summed E-state index contributed by atoms with van der Waals surface area (Å²) in [5.74, 6) is 0.00232. The number of carboxylic acid groups (broad SMARTS) is 1. The number of rotatable bonds is 7. The topological polar surface area (TPSA) is 40.5 Å². The maximum atomic E-state index is 10.9. The van der Waals surface area contributed by atoms with Gasteiger partial charge in [-0.25, -0.2) is 0 Å². The molecule has 0 spiro atoms. The highest BCUT2D eigenvalue weighted by Crippen LogP contribution is 2.27. The van der Waals surface area contributed by atoms with Crippen molar-refractivity contribution >= 4 is 5.97 Å². The molecule has 0 aromatic heterocycles. The molecule has 98 valence electrons. The zero-order valence-electron chi connectivity index (χ0n) is 10.7. The number of carboxylic acids is 1. The molecule has 0 heterocycles. The highest BCUT2D eigenvalue weighted by atomic mass is 16.4. The van der Waals surface area contributed by atoms with Crippen LogP contribution in [0.25, 0.3) is 0 Å². The first-order chi connectivity index (χ1) is 8.74. The summed E-state index contributed by atoms with van der Waals surface area (Å²) in [6.07, 6.45) is 4.77. The van der Waals surface area contributed by atoms with Crippen molar-refractivity contribution in [1.82, 2.24) is 4.90 Å². The van der Waals surface area contributed by atoms with Crippen LogP contribution in [0.4, 0.5) is 0 Å². The third-order valence-electron chi connectivity index (χ3n) is 3.66. The highest BCUT2D eigenvalue weighted by molar-refractivity contribution is 5.69. The van der Waals surface area contributed by atoms with Crippen molar-refractivity contribution in [1.29, 1.82) is 0 Å². The molecule has 0 unspecified atom stereocenters. The van der Waals surface area contributed by atoms with Crippen LogP contribution in [-0.2, 0) is 11.2 Å². The minimum atomic E-state index is -0.720. The second kappa shape index (κ2) is 6.55. The van der Waals surface area contributed by atoms with Crippen LogP contribution in [0.5, 0.6) is 0 Å². The zero-order chi connectivity index (χ0) is 12.8. The van der Waals surface area contributed by atoms with Crippen molar-refractivity contribution < 1.29 is 9.90 Å². The van der Waals surface area contributed by atoms with Crippen molar-refractivity contribution in [2.75, 3.05) is 19.6 Å². The molecule has 1 aliphatic rings. The molecule has 0 bridgehead atoms. The number of hydrogen-bond donors (Lipinski definition) is 1. The summed E-state index contributed by atoms with van der Waals surface area (Å²) in [5, 5.41) is 8.94. The van der Waals surface area contributed by atoms with Gasteiger partial charge in [-0.15, -0.1) is 0 Å². The monoisotopic (exact) mass is 247 g/mol. The lowest BCUT2D eigenvalue weighted by molar-refractivity contribution is -0.138. The molecular formula is C15H21NO2. The fraction of sp³-hybridized carbons (Fsp3) is 0.533. The van der Waals surface area contributed by atoms with Crippen LogP contribution in [0.15, 0.2) is 30.3 Å². The quantitative estimate of drug-likeness (QED) is 0.804. The second-order valence-corrected chi connectivity index (χ2v) is 5.16. The lowest BCUT2D eigenvalue weighted by Crippen LogP contribution is -2.37. The standard InChI is InChI=1S/C15H21NO2/c17-15(18)12-16(11-14-7-4-8-14)10-9-13-5-2-1-3-6-13/h1-3,5-6,14H,4,7-12H2,(H,17,18). The van der Waals surface area contributed by atoms with Gasteiger partial charge in [-0.05, 0) is 30.7 Å². The van der Waals surface area contributed by atoms with Gasteiger partial charge in [0.15, 0.2) is 0 Å². The Morgan fingerprint density at radius 2 is 2.00 bits per heavy atom. The molecule has 0 aliphatic heterocycles. The van der Waals surface area contributed by atoms with Crippen LogP contribution >= 0.6 is 0 Å². The van der Waals surface area contributed by atoms with Crippen LogP contribution in [-0.4, -0.2) is 35.6 Å². The average Bonchev–Trinajstić information content (AvgIpc) is 2.31. The Balaban J connectivity index is 1.81.